The molecule has 0 aliphatic rings. The van der Waals surface area contributed by atoms with Crippen LogP contribution in [0.2, 0.25) is 0 Å². The molecule has 56 heavy (non-hydrogen) atoms. The van der Waals surface area contributed by atoms with Gasteiger partial charge in [-0.25, -0.2) is 0 Å². The second-order valence-corrected chi connectivity index (χ2v) is 22.0. The third-order valence-electron chi connectivity index (χ3n) is 3.53. The van der Waals surface area contributed by atoms with Crippen LogP contribution in [0.4, 0.5) is 0 Å². The fourth-order valence-corrected chi connectivity index (χ4v) is 1.03. The number of hydrogen-bond donors (Lipinski definition) is 0. The standard InChI is InChI=1S/2C10H20N2.4C5H10N.4ClH.4Rh/c2*1-9(2,3)11-7-8-12-10(4,5)6;4*1-5(2,3)6-4;;;;;;;;/h2*7-8H,1-6H3;4*4H,1-3H3;4*1H;;;;/q;;4*-1;;;;;;+2;2*+3/p-2. The molecule has 0 saturated heterocycles. The van der Waals surface area contributed by atoms with Crippen LogP contribution in [0.5, 0.6) is 0 Å². The normalized spacial score (nSPS) is 11.8. The summed E-state index contributed by atoms with van der Waals surface area (Å²) >= 11 is 4.04. The van der Waals surface area contributed by atoms with Gasteiger partial charge in [-0.1, -0.05) is 0 Å². The molecule has 0 aromatic rings. The molecule has 0 spiro atoms. The minimum absolute atomic E-state index is 0. The number of nitrogens with zero attached hydrogens (tertiary/aromatic N) is 8. The summed E-state index contributed by atoms with van der Waals surface area (Å²) in [5, 5.41) is 0. The van der Waals surface area contributed by atoms with E-state index in [0.29, 0.717) is 0 Å². The van der Waals surface area contributed by atoms with E-state index in [1.54, 1.807) is 24.9 Å². The van der Waals surface area contributed by atoms with E-state index in [4.69, 9.17) is 26.9 Å². The fraction of sp³-hybridized carbons (Fsp3) is 0.800. The second-order valence-electron chi connectivity index (χ2n) is 19.1. The zero-order valence-corrected chi connectivity index (χ0v) is 48.8. The van der Waals surface area contributed by atoms with Gasteiger partial charge in [-0.3, -0.25) is 20.0 Å². The first-order valence-electron chi connectivity index (χ1n) is 17.0. The van der Waals surface area contributed by atoms with Crippen LogP contribution in [0.3, 0.4) is 0 Å². The molecule has 0 aliphatic carbocycles. The van der Waals surface area contributed by atoms with E-state index >= 15 is 0 Å². The van der Waals surface area contributed by atoms with Crippen molar-refractivity contribution in [3.05, 3.63) is 0 Å². The van der Waals surface area contributed by atoms with Crippen molar-refractivity contribution in [3.63, 3.8) is 0 Å². The third-order valence-corrected chi connectivity index (χ3v) is 3.53. The van der Waals surface area contributed by atoms with E-state index < -0.39 is 0 Å². The summed E-state index contributed by atoms with van der Waals surface area (Å²) < 4.78 is 0. The van der Waals surface area contributed by atoms with Crippen molar-refractivity contribution in [1.29, 1.82) is 0 Å². The molecular weight excluding hydrogens is 1150 g/mol. The fourth-order valence-electron chi connectivity index (χ4n) is 1.03. The third kappa shape index (κ3) is 167. The molecule has 0 aromatic carbocycles. The van der Waals surface area contributed by atoms with Gasteiger partial charge in [-0.05, 0) is 166 Å². The molecule has 16 heteroatoms. The van der Waals surface area contributed by atoms with Gasteiger partial charge in [-0.2, -0.15) is 0 Å². The van der Waals surface area contributed by atoms with Gasteiger partial charge in [0, 0.05) is 66.5 Å². The molecule has 0 rings (SSSR count). The molecule has 8 nitrogen and oxygen atoms in total. The predicted molar refractivity (Wildman–Crippen MR) is 240 cm³/mol. The zero-order chi connectivity index (χ0) is 47.2. The minimum atomic E-state index is -0.0556. The van der Waals surface area contributed by atoms with Gasteiger partial charge >= 0.3 is 88.5 Å². The SMILES string of the molecule is CC(C)(C)N=CC=NC(C)(C)C.CC(C)(C)N=CC=NC(C)(C)C.[CH-]=NC(C)(C)C.[CH-]=NC(C)(C)C.[CH-]=NC(C)(C)C.[CH-]=NC(C)(C)C.[ClH+][Rh][ClH+].[Cl][Rh+2].[Cl][Rh+2].[Rh]. The summed E-state index contributed by atoms with van der Waals surface area (Å²) in [7, 11) is 17.6. The Morgan fingerprint density at radius 2 is 0.411 bits per heavy atom. The van der Waals surface area contributed by atoms with Gasteiger partial charge < -0.3 is 46.8 Å². The van der Waals surface area contributed by atoms with Crippen molar-refractivity contribution in [2.24, 2.45) is 39.9 Å². The monoisotopic (exact) mass is 1230 g/mol. The van der Waals surface area contributed by atoms with Crippen molar-refractivity contribution >= 4 is 71.1 Å². The van der Waals surface area contributed by atoms with E-state index in [2.05, 4.69) is 162 Å². The number of aliphatic imine (C=N–C) groups is 8. The Balaban J connectivity index is -0.0000000560. The van der Waals surface area contributed by atoms with Crippen molar-refractivity contribution in [3.8, 4) is 0 Å². The molecular formula is C40H82Cl4N8Rh4+2. The second kappa shape index (κ2) is 44.1. The van der Waals surface area contributed by atoms with E-state index in [1.165, 1.54) is 0 Å². The van der Waals surface area contributed by atoms with E-state index in [9.17, 15) is 0 Å². The summed E-state index contributed by atoms with van der Waals surface area (Å²) in [6.45, 7) is 67.9. The molecule has 0 bridgehead atoms. The van der Waals surface area contributed by atoms with Gasteiger partial charge in [-0.15, -0.1) is 0 Å². The smallest absolute Gasteiger partial charge is 0 e. The Labute approximate surface area is 406 Å². The topological polar surface area (TPSA) is 98.9 Å². The zero-order valence-electron chi connectivity index (χ0n) is 39.1. The number of rotatable bonds is 2. The van der Waals surface area contributed by atoms with Gasteiger partial charge in [0.05, 0.1) is 22.2 Å². The Kier molecular flexibility index (Phi) is 63.7. The van der Waals surface area contributed by atoms with Crippen molar-refractivity contribution < 1.29 is 88.6 Å². The average Bonchev–Trinajstić information content (AvgIpc) is 2.98. The molecule has 0 unspecified atom stereocenters. The number of halogens is 4. The molecule has 0 N–H and O–H groups in total. The molecule has 0 atom stereocenters. The number of hydrogen-bond acceptors (Lipinski definition) is 8. The van der Waals surface area contributed by atoms with Crippen LogP contribution in [0.1, 0.15) is 166 Å². The van der Waals surface area contributed by atoms with Crippen molar-refractivity contribution in [2.45, 2.75) is 210 Å². The molecule has 344 valence electrons. The molecule has 0 heterocycles. The summed E-state index contributed by atoms with van der Waals surface area (Å²) in [4.78, 5) is 31.2. The van der Waals surface area contributed by atoms with Crippen LogP contribution in [0, 0.1) is 19.4 Å². The quantitative estimate of drug-likeness (QED) is 0.150. The largest absolute Gasteiger partial charge is 0 e. The summed E-state index contributed by atoms with van der Waals surface area (Å²) in [5.74, 6) is 0. The van der Waals surface area contributed by atoms with Crippen LogP contribution in [0.25, 0.3) is 0 Å². The molecule has 1 radical (unpaired) electrons. The Bertz CT molecular complexity index is 839. The molecule has 0 saturated carbocycles. The summed E-state index contributed by atoms with van der Waals surface area (Å²) in [5.41, 5.74) is -0.207. The first-order chi connectivity index (χ1) is 24.1. The maximum Gasteiger partial charge on any atom is 0 e. The van der Waals surface area contributed by atoms with Gasteiger partial charge in [0.1, 0.15) is 0 Å². The van der Waals surface area contributed by atoms with Crippen LogP contribution >= 0.6 is 19.4 Å². The molecule has 0 aliphatic heterocycles. The maximum absolute atomic E-state index is 4.93. The van der Waals surface area contributed by atoms with Gasteiger partial charge in [0.15, 0.2) is 0 Å². The first-order valence-corrected chi connectivity index (χ1v) is 25.8. The van der Waals surface area contributed by atoms with Crippen LogP contribution in [-0.4, -0.2) is 96.0 Å². The minimum Gasteiger partial charge on any atom is 0 e. The van der Waals surface area contributed by atoms with E-state index in [0.717, 1.165) is 0 Å². The van der Waals surface area contributed by atoms with Crippen molar-refractivity contribution in [1.82, 2.24) is 0 Å². The van der Waals surface area contributed by atoms with E-state index in [-0.39, 0.29) is 78.9 Å². The summed E-state index contributed by atoms with van der Waals surface area (Å²) in [6.07, 6.45) is 7.08. The Morgan fingerprint density at radius 3 is 0.446 bits per heavy atom. The van der Waals surface area contributed by atoms with Crippen molar-refractivity contribution in [2.75, 3.05) is 0 Å². The van der Waals surface area contributed by atoms with Crippen LogP contribution in [-0.2, 0) is 69.2 Å². The van der Waals surface area contributed by atoms with Crippen LogP contribution < -0.4 is 0 Å². The molecule has 0 aromatic heterocycles. The van der Waals surface area contributed by atoms with E-state index in [1.807, 2.05) is 118 Å². The predicted octanol–water partition coefficient (Wildman–Crippen LogP) is 11.7. The Hall–Kier alpha value is 1.01. The van der Waals surface area contributed by atoms with Gasteiger partial charge in [0.25, 0.3) is 0 Å². The maximum atomic E-state index is 4.93. The Morgan fingerprint density at radius 1 is 0.339 bits per heavy atom. The first kappa shape index (κ1) is 80.9. The van der Waals surface area contributed by atoms with Gasteiger partial charge in [0.2, 0.25) is 0 Å². The van der Waals surface area contributed by atoms with Crippen LogP contribution in [0.15, 0.2) is 39.9 Å². The molecule has 0 amide bonds. The summed E-state index contributed by atoms with van der Waals surface area (Å²) in [6, 6.07) is 0. The molecule has 0 fully saturated rings. The average molecular weight is 1230 g/mol.